The summed E-state index contributed by atoms with van der Waals surface area (Å²) < 4.78 is 1.10. The molecular formula is C20H18BrNO. The molecule has 116 valence electrons. The van der Waals surface area contributed by atoms with E-state index >= 15 is 0 Å². The van der Waals surface area contributed by atoms with E-state index in [4.69, 9.17) is 0 Å². The van der Waals surface area contributed by atoms with Crippen LogP contribution in [0.4, 0.5) is 5.69 Å². The number of nitrogens with one attached hydrogen (secondary N) is 1. The Labute approximate surface area is 144 Å². The second-order valence-corrected chi connectivity index (χ2v) is 7.30. The second-order valence-electron chi connectivity index (χ2n) is 6.39. The first-order valence-electron chi connectivity index (χ1n) is 7.97. The van der Waals surface area contributed by atoms with Crippen molar-refractivity contribution in [2.24, 2.45) is 5.92 Å². The molecule has 4 rings (SSSR count). The van der Waals surface area contributed by atoms with Crippen molar-refractivity contribution in [1.29, 1.82) is 0 Å². The maximum Gasteiger partial charge on any atom is 0.159 e. The van der Waals surface area contributed by atoms with Crippen LogP contribution in [0.5, 0.6) is 0 Å². The Kier molecular flexibility index (Phi) is 3.61. The summed E-state index contributed by atoms with van der Waals surface area (Å²) in [5.74, 6) is 1.02. The van der Waals surface area contributed by atoms with Gasteiger partial charge in [0.05, 0.1) is 6.04 Å². The van der Waals surface area contributed by atoms with Crippen molar-refractivity contribution >= 4 is 27.4 Å². The van der Waals surface area contributed by atoms with Crippen LogP contribution in [0.25, 0.3) is 0 Å². The lowest BCUT2D eigenvalue weighted by Gasteiger charge is -2.37. The van der Waals surface area contributed by atoms with Crippen molar-refractivity contribution in [3.05, 3.63) is 75.8 Å². The first-order chi connectivity index (χ1) is 11.1. The fourth-order valence-electron chi connectivity index (χ4n) is 3.81. The molecule has 2 aliphatic rings. The number of hydrogen-bond donors (Lipinski definition) is 1. The molecule has 2 aromatic rings. The minimum absolute atomic E-state index is 0.126. The molecule has 3 heteroatoms. The molecule has 0 fully saturated rings. The number of fused-ring (bicyclic) bond motifs is 3. The molecule has 0 spiro atoms. The smallest absolute Gasteiger partial charge is 0.159 e. The van der Waals surface area contributed by atoms with Crippen molar-refractivity contribution in [3.63, 3.8) is 0 Å². The predicted octanol–water partition coefficient (Wildman–Crippen LogP) is 5.48. The minimum Gasteiger partial charge on any atom is -0.378 e. The third-order valence-electron chi connectivity index (χ3n) is 5.00. The Hall–Kier alpha value is -1.87. The van der Waals surface area contributed by atoms with E-state index in [9.17, 15) is 4.79 Å². The van der Waals surface area contributed by atoms with Crippen LogP contribution in [0.1, 0.15) is 46.8 Å². The molecule has 0 unspecified atom stereocenters. The van der Waals surface area contributed by atoms with Crippen LogP contribution in [-0.2, 0) is 0 Å². The SMILES string of the molecule is CC(=O)c1ccc2c(c1)[C@@H]1C=CC[C@H]1[C@@H](c1ccc(Br)cc1)N2. The predicted molar refractivity (Wildman–Crippen MR) is 96.9 cm³/mol. The van der Waals surface area contributed by atoms with Gasteiger partial charge in [0.25, 0.3) is 0 Å². The van der Waals surface area contributed by atoms with Crippen LogP contribution in [0, 0.1) is 5.92 Å². The van der Waals surface area contributed by atoms with Crippen LogP contribution in [-0.4, -0.2) is 5.78 Å². The zero-order valence-electron chi connectivity index (χ0n) is 12.9. The van der Waals surface area contributed by atoms with E-state index in [2.05, 4.69) is 69.8 Å². The molecule has 0 amide bonds. The zero-order chi connectivity index (χ0) is 16.0. The highest BCUT2D eigenvalue weighted by atomic mass is 79.9. The maximum absolute atomic E-state index is 11.7. The fraction of sp³-hybridized carbons (Fsp3) is 0.250. The molecule has 2 aromatic carbocycles. The molecule has 0 saturated heterocycles. The number of hydrogen-bond acceptors (Lipinski definition) is 2. The van der Waals surface area contributed by atoms with Crippen LogP contribution >= 0.6 is 15.9 Å². The Morgan fingerprint density at radius 2 is 1.96 bits per heavy atom. The standard InChI is InChI=1S/C20H18BrNO/c1-12(23)14-7-10-19-18(11-14)16-3-2-4-17(16)20(22-19)13-5-8-15(21)9-6-13/h2-3,5-11,16-17,20,22H,4H2,1H3/t16-,17-,20-/m1/s1. The van der Waals surface area contributed by atoms with Crippen LogP contribution < -0.4 is 5.32 Å². The van der Waals surface area contributed by atoms with Gasteiger partial charge in [0, 0.05) is 21.6 Å². The molecule has 1 aliphatic heterocycles. The maximum atomic E-state index is 11.7. The molecule has 0 saturated carbocycles. The normalized spacial score (nSPS) is 24.7. The van der Waals surface area contributed by atoms with E-state index in [0.717, 1.165) is 22.1 Å². The molecule has 2 nitrogen and oxygen atoms in total. The van der Waals surface area contributed by atoms with Crippen LogP contribution in [0.15, 0.2) is 59.1 Å². The van der Waals surface area contributed by atoms with Gasteiger partial charge in [0.2, 0.25) is 0 Å². The molecule has 0 aromatic heterocycles. The van der Waals surface area contributed by atoms with E-state index < -0.39 is 0 Å². The Balaban J connectivity index is 1.77. The monoisotopic (exact) mass is 367 g/mol. The Morgan fingerprint density at radius 3 is 2.70 bits per heavy atom. The lowest BCUT2D eigenvalue weighted by molar-refractivity contribution is 0.101. The summed E-state index contributed by atoms with van der Waals surface area (Å²) >= 11 is 3.51. The fourth-order valence-corrected chi connectivity index (χ4v) is 4.08. The summed E-state index contributed by atoms with van der Waals surface area (Å²) in [5, 5.41) is 3.70. The van der Waals surface area contributed by atoms with Gasteiger partial charge in [-0.2, -0.15) is 0 Å². The van der Waals surface area contributed by atoms with Gasteiger partial charge in [-0.1, -0.05) is 40.2 Å². The number of ketones is 1. The third-order valence-corrected chi connectivity index (χ3v) is 5.53. The molecule has 0 radical (unpaired) electrons. The molecule has 23 heavy (non-hydrogen) atoms. The van der Waals surface area contributed by atoms with Crippen LogP contribution in [0.2, 0.25) is 0 Å². The summed E-state index contributed by atoms with van der Waals surface area (Å²) in [4.78, 5) is 11.7. The summed E-state index contributed by atoms with van der Waals surface area (Å²) in [5.41, 5.74) is 4.51. The summed E-state index contributed by atoms with van der Waals surface area (Å²) in [6, 6.07) is 14.9. The van der Waals surface area contributed by atoms with Gasteiger partial charge < -0.3 is 5.32 Å². The van der Waals surface area contributed by atoms with Gasteiger partial charge in [-0.25, -0.2) is 0 Å². The Morgan fingerprint density at radius 1 is 1.17 bits per heavy atom. The topological polar surface area (TPSA) is 29.1 Å². The molecular weight excluding hydrogens is 350 g/mol. The summed E-state index contributed by atoms with van der Waals surface area (Å²) in [7, 11) is 0. The van der Waals surface area contributed by atoms with Crippen molar-refractivity contribution < 1.29 is 4.79 Å². The highest BCUT2D eigenvalue weighted by Crippen LogP contribution is 2.49. The highest BCUT2D eigenvalue weighted by Gasteiger charge is 2.37. The van der Waals surface area contributed by atoms with E-state index in [1.54, 1.807) is 6.92 Å². The number of allylic oxidation sites excluding steroid dienone is 2. The van der Waals surface area contributed by atoms with Crippen molar-refractivity contribution in [2.75, 3.05) is 5.32 Å². The van der Waals surface area contributed by atoms with Gasteiger partial charge in [-0.05, 0) is 60.7 Å². The number of benzene rings is 2. The average molecular weight is 368 g/mol. The van der Waals surface area contributed by atoms with Gasteiger partial charge in [0.15, 0.2) is 5.78 Å². The average Bonchev–Trinajstić information content (AvgIpc) is 3.04. The first-order valence-corrected chi connectivity index (χ1v) is 8.76. The molecule has 1 heterocycles. The molecule has 3 atom stereocenters. The number of halogens is 1. The van der Waals surface area contributed by atoms with E-state index in [1.807, 2.05) is 6.07 Å². The van der Waals surface area contributed by atoms with Crippen LogP contribution in [0.3, 0.4) is 0 Å². The van der Waals surface area contributed by atoms with E-state index in [0.29, 0.717) is 17.9 Å². The quantitative estimate of drug-likeness (QED) is 0.562. The number of rotatable bonds is 2. The third kappa shape index (κ3) is 2.53. The minimum atomic E-state index is 0.126. The van der Waals surface area contributed by atoms with Crippen molar-refractivity contribution in [2.45, 2.75) is 25.3 Å². The number of carbonyl (C=O) groups is 1. The highest BCUT2D eigenvalue weighted by molar-refractivity contribution is 9.10. The number of carbonyl (C=O) groups excluding carboxylic acids is 1. The van der Waals surface area contributed by atoms with Gasteiger partial charge >= 0.3 is 0 Å². The summed E-state index contributed by atoms with van der Waals surface area (Å²) in [6.07, 6.45) is 5.65. The largest absolute Gasteiger partial charge is 0.378 e. The first kappa shape index (κ1) is 14.7. The van der Waals surface area contributed by atoms with E-state index in [1.165, 1.54) is 11.1 Å². The molecule has 0 bridgehead atoms. The summed E-state index contributed by atoms with van der Waals surface area (Å²) in [6.45, 7) is 1.63. The lowest BCUT2D eigenvalue weighted by atomic mass is 9.76. The second kappa shape index (κ2) is 5.64. The van der Waals surface area contributed by atoms with E-state index in [-0.39, 0.29) is 5.78 Å². The van der Waals surface area contributed by atoms with Gasteiger partial charge in [-0.3, -0.25) is 4.79 Å². The van der Waals surface area contributed by atoms with Crippen molar-refractivity contribution in [3.8, 4) is 0 Å². The van der Waals surface area contributed by atoms with Crippen molar-refractivity contribution in [1.82, 2.24) is 0 Å². The lowest BCUT2D eigenvalue weighted by Crippen LogP contribution is -2.29. The van der Waals surface area contributed by atoms with Gasteiger partial charge in [0.1, 0.15) is 0 Å². The molecule has 1 aliphatic carbocycles. The Bertz CT molecular complexity index is 794. The number of Topliss-reactive ketones (excluding diaryl/α,β-unsaturated/α-hetero) is 1. The number of anilines is 1. The zero-order valence-corrected chi connectivity index (χ0v) is 14.5. The van der Waals surface area contributed by atoms with Gasteiger partial charge in [-0.15, -0.1) is 0 Å². The molecule has 1 N–H and O–H groups in total.